The van der Waals surface area contributed by atoms with Gasteiger partial charge in [-0.05, 0) is 49.4 Å². The Morgan fingerprint density at radius 1 is 1.21 bits per heavy atom. The van der Waals surface area contributed by atoms with E-state index in [1.807, 2.05) is 12.1 Å². The molecule has 1 nitrogen and oxygen atoms in total. The third kappa shape index (κ3) is 5.16. The molecule has 0 spiro atoms. The Balaban J connectivity index is 1.89. The maximum atomic E-state index is 5.95. The summed E-state index contributed by atoms with van der Waals surface area (Å²) in [4.78, 5) is 0. The summed E-state index contributed by atoms with van der Waals surface area (Å²) in [5.41, 5.74) is 1.40. The molecule has 1 atom stereocenters. The Morgan fingerprint density at radius 3 is 2.53 bits per heavy atom. The molecule has 0 bridgehead atoms. The number of halogens is 1. The highest BCUT2D eigenvalue weighted by atomic mass is 35.5. The fraction of sp³-hybridized carbons (Fsp3) is 0.647. The van der Waals surface area contributed by atoms with E-state index in [4.69, 9.17) is 11.6 Å². The van der Waals surface area contributed by atoms with Crippen molar-refractivity contribution in [3.63, 3.8) is 0 Å². The molecule has 2 rings (SSSR count). The van der Waals surface area contributed by atoms with Crippen LogP contribution >= 0.6 is 11.6 Å². The smallest absolute Gasteiger partial charge is 0.0406 e. The van der Waals surface area contributed by atoms with Crippen LogP contribution in [0.2, 0.25) is 5.02 Å². The molecule has 1 saturated carbocycles. The standard InChI is InChI=1S/C17H26ClN/c1-2-11-19-17(12-14-5-3-4-6-14)13-15-7-9-16(18)10-8-15/h7-10,14,17,19H,2-6,11-13H2,1H3. The van der Waals surface area contributed by atoms with Crippen molar-refractivity contribution < 1.29 is 0 Å². The molecule has 1 aromatic rings. The van der Waals surface area contributed by atoms with Crippen LogP contribution in [-0.4, -0.2) is 12.6 Å². The third-order valence-electron chi connectivity index (χ3n) is 4.17. The maximum Gasteiger partial charge on any atom is 0.0406 e. The van der Waals surface area contributed by atoms with Crippen molar-refractivity contribution in [3.05, 3.63) is 34.9 Å². The minimum Gasteiger partial charge on any atom is -0.314 e. The van der Waals surface area contributed by atoms with Gasteiger partial charge in [0.15, 0.2) is 0 Å². The zero-order valence-corrected chi connectivity index (χ0v) is 12.8. The normalized spacial score (nSPS) is 17.8. The van der Waals surface area contributed by atoms with Crippen LogP contribution in [0.4, 0.5) is 0 Å². The van der Waals surface area contributed by atoms with Crippen LogP contribution in [0.15, 0.2) is 24.3 Å². The van der Waals surface area contributed by atoms with E-state index in [1.165, 1.54) is 44.1 Å². The van der Waals surface area contributed by atoms with Gasteiger partial charge in [-0.25, -0.2) is 0 Å². The second-order valence-electron chi connectivity index (χ2n) is 5.87. The lowest BCUT2D eigenvalue weighted by molar-refractivity contribution is 0.385. The van der Waals surface area contributed by atoms with Gasteiger partial charge in [0.1, 0.15) is 0 Å². The quantitative estimate of drug-likeness (QED) is 0.754. The maximum absolute atomic E-state index is 5.95. The molecule has 1 unspecified atom stereocenters. The fourth-order valence-corrected chi connectivity index (χ4v) is 3.27. The minimum atomic E-state index is 0.629. The first-order valence-corrected chi connectivity index (χ1v) is 8.13. The monoisotopic (exact) mass is 279 g/mol. The predicted octanol–water partition coefficient (Wildman–Crippen LogP) is 4.83. The zero-order chi connectivity index (χ0) is 13.5. The van der Waals surface area contributed by atoms with Gasteiger partial charge in [0.25, 0.3) is 0 Å². The molecule has 0 saturated heterocycles. The lowest BCUT2D eigenvalue weighted by Crippen LogP contribution is -2.33. The first kappa shape index (κ1) is 14.9. The number of nitrogens with one attached hydrogen (secondary N) is 1. The van der Waals surface area contributed by atoms with E-state index >= 15 is 0 Å². The Labute approximate surface area is 122 Å². The molecule has 0 aliphatic heterocycles. The molecule has 0 radical (unpaired) electrons. The van der Waals surface area contributed by atoms with Gasteiger partial charge in [-0.15, -0.1) is 0 Å². The Bertz CT molecular complexity index is 354. The fourth-order valence-electron chi connectivity index (χ4n) is 3.14. The number of rotatable bonds is 7. The van der Waals surface area contributed by atoms with Crippen molar-refractivity contribution in [1.29, 1.82) is 0 Å². The highest BCUT2D eigenvalue weighted by molar-refractivity contribution is 6.30. The lowest BCUT2D eigenvalue weighted by Gasteiger charge is -2.22. The molecule has 1 fully saturated rings. The van der Waals surface area contributed by atoms with E-state index < -0.39 is 0 Å². The molecule has 19 heavy (non-hydrogen) atoms. The summed E-state index contributed by atoms with van der Waals surface area (Å²) in [5, 5.41) is 4.56. The number of benzene rings is 1. The van der Waals surface area contributed by atoms with E-state index in [0.717, 1.165) is 23.9 Å². The van der Waals surface area contributed by atoms with Gasteiger partial charge in [-0.1, -0.05) is 56.3 Å². The Hall–Kier alpha value is -0.530. The van der Waals surface area contributed by atoms with Crippen LogP contribution in [0.1, 0.15) is 51.0 Å². The lowest BCUT2D eigenvalue weighted by atomic mass is 9.94. The van der Waals surface area contributed by atoms with Crippen molar-refractivity contribution >= 4 is 11.6 Å². The van der Waals surface area contributed by atoms with Gasteiger partial charge in [-0.3, -0.25) is 0 Å². The van der Waals surface area contributed by atoms with Crippen molar-refractivity contribution in [1.82, 2.24) is 5.32 Å². The average Bonchev–Trinajstić information content (AvgIpc) is 2.91. The molecule has 2 heteroatoms. The molecule has 1 aliphatic rings. The summed E-state index contributed by atoms with van der Waals surface area (Å²) < 4.78 is 0. The summed E-state index contributed by atoms with van der Waals surface area (Å²) in [6, 6.07) is 8.96. The van der Waals surface area contributed by atoms with Crippen LogP contribution in [-0.2, 0) is 6.42 Å². The van der Waals surface area contributed by atoms with Crippen molar-refractivity contribution in [2.24, 2.45) is 5.92 Å². The van der Waals surface area contributed by atoms with E-state index in [9.17, 15) is 0 Å². The first-order chi connectivity index (χ1) is 9.28. The summed E-state index contributed by atoms with van der Waals surface area (Å²) in [6.45, 7) is 3.37. The molecule has 0 amide bonds. The van der Waals surface area contributed by atoms with Crippen LogP contribution in [0.3, 0.4) is 0 Å². The second kappa shape index (κ2) is 7.91. The summed E-state index contributed by atoms with van der Waals surface area (Å²) >= 11 is 5.95. The van der Waals surface area contributed by atoms with Crippen LogP contribution in [0.5, 0.6) is 0 Å². The Kier molecular flexibility index (Phi) is 6.19. The van der Waals surface area contributed by atoms with E-state index in [0.29, 0.717) is 6.04 Å². The van der Waals surface area contributed by atoms with E-state index in [1.54, 1.807) is 0 Å². The van der Waals surface area contributed by atoms with Gasteiger partial charge in [0.2, 0.25) is 0 Å². The molecule has 106 valence electrons. The average molecular weight is 280 g/mol. The van der Waals surface area contributed by atoms with E-state index in [2.05, 4.69) is 24.4 Å². The summed E-state index contributed by atoms with van der Waals surface area (Å²) in [7, 11) is 0. The van der Waals surface area contributed by atoms with Crippen molar-refractivity contribution in [2.45, 2.75) is 57.9 Å². The highest BCUT2D eigenvalue weighted by Crippen LogP contribution is 2.29. The van der Waals surface area contributed by atoms with Crippen LogP contribution in [0, 0.1) is 5.92 Å². The van der Waals surface area contributed by atoms with Crippen LogP contribution < -0.4 is 5.32 Å². The zero-order valence-electron chi connectivity index (χ0n) is 12.0. The highest BCUT2D eigenvalue weighted by Gasteiger charge is 2.20. The molecule has 0 heterocycles. The van der Waals surface area contributed by atoms with Crippen molar-refractivity contribution in [3.8, 4) is 0 Å². The summed E-state index contributed by atoms with van der Waals surface area (Å²) in [5.74, 6) is 0.946. The largest absolute Gasteiger partial charge is 0.314 e. The second-order valence-corrected chi connectivity index (χ2v) is 6.30. The minimum absolute atomic E-state index is 0.629. The van der Waals surface area contributed by atoms with Gasteiger partial charge in [0, 0.05) is 11.1 Å². The van der Waals surface area contributed by atoms with Gasteiger partial charge < -0.3 is 5.32 Å². The van der Waals surface area contributed by atoms with Crippen LogP contribution in [0.25, 0.3) is 0 Å². The van der Waals surface area contributed by atoms with Gasteiger partial charge in [0.05, 0.1) is 0 Å². The number of hydrogen-bond acceptors (Lipinski definition) is 1. The predicted molar refractivity (Wildman–Crippen MR) is 83.8 cm³/mol. The summed E-state index contributed by atoms with van der Waals surface area (Å²) in [6.07, 6.45) is 9.42. The van der Waals surface area contributed by atoms with Gasteiger partial charge >= 0.3 is 0 Å². The van der Waals surface area contributed by atoms with Gasteiger partial charge in [-0.2, -0.15) is 0 Å². The first-order valence-electron chi connectivity index (χ1n) is 7.75. The topological polar surface area (TPSA) is 12.0 Å². The van der Waals surface area contributed by atoms with Crippen molar-refractivity contribution in [2.75, 3.05) is 6.54 Å². The third-order valence-corrected chi connectivity index (χ3v) is 4.42. The molecule has 0 aromatic heterocycles. The molecule has 1 N–H and O–H groups in total. The number of hydrogen-bond donors (Lipinski definition) is 1. The SMILES string of the molecule is CCCNC(Cc1ccc(Cl)cc1)CC1CCCC1. The molecular weight excluding hydrogens is 254 g/mol. The Morgan fingerprint density at radius 2 is 1.89 bits per heavy atom. The molecular formula is C17H26ClN. The van der Waals surface area contributed by atoms with E-state index in [-0.39, 0.29) is 0 Å². The molecule has 1 aromatic carbocycles. The molecule has 1 aliphatic carbocycles.